The van der Waals surface area contributed by atoms with Crippen LogP contribution in [-0.4, -0.2) is 36.1 Å². The van der Waals surface area contributed by atoms with Crippen molar-refractivity contribution in [3.8, 4) is 0 Å². The second-order valence-corrected chi connectivity index (χ2v) is 7.31. The first kappa shape index (κ1) is 16.9. The van der Waals surface area contributed by atoms with Gasteiger partial charge in [-0.15, -0.1) is 23.7 Å². The number of likely N-dealkylation sites (N-methyl/N-ethyl adjacent to an activating group) is 1. The Bertz CT molecular complexity index is 386. The first-order valence-electron chi connectivity index (χ1n) is 6.84. The smallest absolute Gasteiger partial charge is 0.107 e. The lowest BCUT2D eigenvalue weighted by atomic mass is 9.96. The van der Waals surface area contributed by atoms with Gasteiger partial charge in [0.15, 0.2) is 0 Å². The largest absolute Gasteiger partial charge is 0.318 e. The number of halogens is 1. The Balaban J connectivity index is 0.00000180. The van der Waals surface area contributed by atoms with Crippen LogP contribution in [0.25, 0.3) is 0 Å². The molecule has 0 amide bonds. The van der Waals surface area contributed by atoms with Gasteiger partial charge in [-0.1, -0.05) is 20.8 Å². The summed E-state index contributed by atoms with van der Waals surface area (Å²) in [6, 6.07) is 0.692. The van der Waals surface area contributed by atoms with Gasteiger partial charge < -0.3 is 5.32 Å². The van der Waals surface area contributed by atoms with Crippen molar-refractivity contribution in [3.63, 3.8) is 0 Å². The van der Waals surface area contributed by atoms with Crippen LogP contribution in [0.4, 0.5) is 0 Å². The lowest BCUT2D eigenvalue weighted by Gasteiger charge is -2.23. The highest BCUT2D eigenvalue weighted by Crippen LogP contribution is 2.29. The number of nitrogens with zero attached hydrogens (tertiary/aromatic N) is 2. The van der Waals surface area contributed by atoms with Crippen molar-refractivity contribution in [1.82, 2.24) is 15.2 Å². The Morgan fingerprint density at radius 2 is 2.21 bits per heavy atom. The minimum Gasteiger partial charge on any atom is -0.318 e. The van der Waals surface area contributed by atoms with Gasteiger partial charge in [-0.2, -0.15) is 0 Å². The molecule has 1 saturated heterocycles. The zero-order valence-corrected chi connectivity index (χ0v) is 14.0. The maximum atomic E-state index is 4.60. The molecule has 2 rings (SSSR count). The summed E-state index contributed by atoms with van der Waals surface area (Å²) < 4.78 is 0. The fourth-order valence-corrected chi connectivity index (χ4v) is 3.48. The Labute approximate surface area is 127 Å². The van der Waals surface area contributed by atoms with Gasteiger partial charge in [0.1, 0.15) is 5.01 Å². The maximum absolute atomic E-state index is 4.60. The molecule has 0 aliphatic carbocycles. The maximum Gasteiger partial charge on any atom is 0.107 e. The van der Waals surface area contributed by atoms with Crippen LogP contribution < -0.4 is 5.32 Å². The molecule has 0 radical (unpaired) electrons. The van der Waals surface area contributed by atoms with E-state index in [4.69, 9.17) is 0 Å². The van der Waals surface area contributed by atoms with E-state index in [1.807, 2.05) is 18.4 Å². The second-order valence-electron chi connectivity index (χ2n) is 6.19. The van der Waals surface area contributed by atoms with Crippen molar-refractivity contribution in [2.45, 2.75) is 51.6 Å². The van der Waals surface area contributed by atoms with Gasteiger partial charge >= 0.3 is 0 Å². The van der Waals surface area contributed by atoms with Gasteiger partial charge in [0.05, 0.1) is 6.54 Å². The van der Waals surface area contributed by atoms with E-state index in [9.17, 15) is 0 Å². The molecule has 1 aliphatic rings. The molecular formula is C14H26ClN3S. The molecule has 1 aromatic rings. The molecule has 110 valence electrons. The summed E-state index contributed by atoms with van der Waals surface area (Å²) >= 11 is 1.87. The summed E-state index contributed by atoms with van der Waals surface area (Å²) in [5.74, 6) is 0. The molecule has 1 N–H and O–H groups in total. The fraction of sp³-hybridized carbons (Fsp3) is 0.786. The molecule has 0 bridgehead atoms. The van der Waals surface area contributed by atoms with Gasteiger partial charge in [-0.3, -0.25) is 4.90 Å². The average Bonchev–Trinajstić information content (AvgIpc) is 2.89. The van der Waals surface area contributed by atoms with E-state index in [-0.39, 0.29) is 17.8 Å². The van der Waals surface area contributed by atoms with Crippen molar-refractivity contribution >= 4 is 23.7 Å². The first-order valence-corrected chi connectivity index (χ1v) is 7.66. The third kappa shape index (κ3) is 4.42. The molecule has 1 aromatic heterocycles. The van der Waals surface area contributed by atoms with Crippen LogP contribution in [0.3, 0.4) is 0 Å². The van der Waals surface area contributed by atoms with Crippen LogP contribution in [0.5, 0.6) is 0 Å². The van der Waals surface area contributed by atoms with E-state index in [1.54, 1.807) is 0 Å². The highest BCUT2D eigenvalue weighted by Gasteiger charge is 2.25. The monoisotopic (exact) mass is 303 g/mol. The number of thiazole rings is 1. The van der Waals surface area contributed by atoms with Crippen molar-refractivity contribution in [2.24, 2.45) is 0 Å². The van der Waals surface area contributed by atoms with Crippen molar-refractivity contribution in [3.05, 3.63) is 16.1 Å². The van der Waals surface area contributed by atoms with Crippen molar-refractivity contribution in [2.75, 3.05) is 20.1 Å². The zero-order valence-electron chi connectivity index (χ0n) is 12.4. The number of hydrogen-bond acceptors (Lipinski definition) is 4. The Morgan fingerprint density at radius 3 is 2.79 bits per heavy atom. The third-order valence-corrected chi connectivity index (χ3v) is 4.98. The quantitative estimate of drug-likeness (QED) is 0.926. The minimum atomic E-state index is 0. The Morgan fingerprint density at radius 1 is 1.47 bits per heavy atom. The van der Waals surface area contributed by atoms with Crippen LogP contribution in [0, 0.1) is 0 Å². The van der Waals surface area contributed by atoms with Crippen LogP contribution in [0.1, 0.15) is 43.5 Å². The van der Waals surface area contributed by atoms with E-state index >= 15 is 0 Å². The molecule has 2 heterocycles. The van der Waals surface area contributed by atoms with Gasteiger partial charge in [0, 0.05) is 23.7 Å². The van der Waals surface area contributed by atoms with Crippen LogP contribution >= 0.6 is 23.7 Å². The molecule has 19 heavy (non-hydrogen) atoms. The SMILES string of the molecule is CNCC1CCCN1Cc1ncc(C(C)(C)C)s1.Cl. The molecule has 0 saturated carbocycles. The summed E-state index contributed by atoms with van der Waals surface area (Å²) in [6.07, 6.45) is 4.70. The number of aromatic nitrogens is 1. The van der Waals surface area contributed by atoms with Gasteiger partial charge in [0.2, 0.25) is 0 Å². The molecule has 1 fully saturated rings. The van der Waals surface area contributed by atoms with Crippen LogP contribution in [-0.2, 0) is 12.0 Å². The lowest BCUT2D eigenvalue weighted by molar-refractivity contribution is 0.242. The molecule has 0 aromatic carbocycles. The normalized spacial score (nSPS) is 20.5. The third-order valence-electron chi connectivity index (χ3n) is 3.57. The number of likely N-dealkylation sites (tertiary alicyclic amines) is 1. The van der Waals surface area contributed by atoms with E-state index in [1.165, 1.54) is 29.3 Å². The topological polar surface area (TPSA) is 28.2 Å². The van der Waals surface area contributed by atoms with Gasteiger partial charge in [-0.05, 0) is 31.8 Å². The molecular weight excluding hydrogens is 278 g/mol. The summed E-state index contributed by atoms with van der Waals surface area (Å²) in [4.78, 5) is 8.56. The number of rotatable bonds is 4. The van der Waals surface area contributed by atoms with Crippen molar-refractivity contribution < 1.29 is 0 Å². The summed E-state index contributed by atoms with van der Waals surface area (Å²) in [7, 11) is 2.04. The van der Waals surface area contributed by atoms with E-state index in [0.717, 1.165) is 13.1 Å². The zero-order chi connectivity index (χ0) is 13.2. The van der Waals surface area contributed by atoms with Crippen LogP contribution in [0.2, 0.25) is 0 Å². The van der Waals surface area contributed by atoms with Gasteiger partial charge in [0.25, 0.3) is 0 Å². The van der Waals surface area contributed by atoms with E-state index in [0.29, 0.717) is 6.04 Å². The predicted molar refractivity (Wildman–Crippen MR) is 85.4 cm³/mol. The fourth-order valence-electron chi connectivity index (χ4n) is 2.47. The lowest BCUT2D eigenvalue weighted by Crippen LogP contribution is -2.36. The first-order chi connectivity index (χ1) is 8.50. The Hall–Kier alpha value is -0.160. The summed E-state index contributed by atoms with van der Waals surface area (Å²) in [6.45, 7) is 10.1. The van der Waals surface area contributed by atoms with E-state index in [2.05, 4.69) is 42.2 Å². The molecule has 3 nitrogen and oxygen atoms in total. The van der Waals surface area contributed by atoms with Crippen LogP contribution in [0.15, 0.2) is 6.20 Å². The summed E-state index contributed by atoms with van der Waals surface area (Å²) in [5, 5.41) is 4.56. The minimum absolute atomic E-state index is 0. The van der Waals surface area contributed by atoms with Crippen molar-refractivity contribution in [1.29, 1.82) is 0 Å². The predicted octanol–water partition coefficient (Wildman–Crippen LogP) is 3.05. The summed E-state index contributed by atoms with van der Waals surface area (Å²) in [5.41, 5.74) is 0.227. The number of nitrogens with one attached hydrogen (secondary N) is 1. The second kappa shape index (κ2) is 7.02. The standard InChI is InChI=1S/C14H25N3S.ClH/c1-14(2,3)12-9-16-13(18-12)10-17-7-5-6-11(17)8-15-4;/h9,11,15H,5-8,10H2,1-4H3;1H. The Kier molecular flexibility index (Phi) is 6.24. The number of hydrogen-bond donors (Lipinski definition) is 1. The highest BCUT2D eigenvalue weighted by atomic mass is 35.5. The molecule has 0 spiro atoms. The molecule has 1 unspecified atom stereocenters. The average molecular weight is 304 g/mol. The van der Waals surface area contributed by atoms with E-state index < -0.39 is 0 Å². The van der Waals surface area contributed by atoms with Gasteiger partial charge in [-0.25, -0.2) is 4.98 Å². The molecule has 1 aliphatic heterocycles. The molecule has 5 heteroatoms. The molecule has 1 atom stereocenters. The highest BCUT2D eigenvalue weighted by molar-refractivity contribution is 7.11.